The number of aromatic hydroxyl groups is 1. The number of hydrogen-bond donors (Lipinski definition) is 1. The molecule has 0 saturated carbocycles. The number of phenols is 1. The minimum absolute atomic E-state index is 0. The van der Waals surface area contributed by atoms with E-state index in [1.54, 1.807) is 91.0 Å². The van der Waals surface area contributed by atoms with Crippen LogP contribution in [0.1, 0.15) is 106 Å². The molecule has 1 N–H and O–H groups in total. The van der Waals surface area contributed by atoms with Gasteiger partial charge in [0.15, 0.2) is 0 Å². The normalized spacial score (nSPS) is 19.8. The number of nitrogens with zero attached hydrogens (tertiary/aromatic N) is 3. The molecule has 2 aromatic heterocycles. The second kappa shape index (κ2) is 17.3. The van der Waals surface area contributed by atoms with E-state index in [4.69, 9.17) is 42.0 Å². The first-order chi connectivity index (χ1) is 41.3. The van der Waals surface area contributed by atoms with Crippen molar-refractivity contribution in [3.8, 4) is 78.6 Å². The van der Waals surface area contributed by atoms with Crippen LogP contribution in [-0.4, -0.2) is 19.6 Å². The van der Waals surface area contributed by atoms with Crippen molar-refractivity contribution < 1.29 is 63.2 Å². The minimum Gasteiger partial charge on any atom is -0.507 e. The molecule has 7 aromatic carbocycles. The fourth-order valence-electron chi connectivity index (χ4n) is 7.79. The Morgan fingerprint density at radius 3 is 1.92 bits per heavy atom. The first-order valence-electron chi connectivity index (χ1n) is 33.1. The van der Waals surface area contributed by atoms with E-state index in [0.717, 1.165) is 10.6 Å². The molecule has 0 bridgehead atoms. The molecule has 9 aromatic rings. The predicted octanol–water partition coefficient (Wildman–Crippen LogP) is 15.4. The topological polar surface area (TPSA) is 50.9 Å². The first kappa shape index (κ1) is 22.0. The Balaban J connectivity index is 0.0000107. The Morgan fingerprint density at radius 1 is 0.562 bits per heavy atom. The Bertz CT molecular complexity index is 4080. The zero-order valence-electron chi connectivity index (χ0n) is 60.6. The standard InChI is InChI=1S/C59H54N3O.Pt/c1-37-27-38(2)29-44(28-37)43-25-26-60-52(34-43)47-32-45(41-19-14-11-15-20-41)31-46(33-47)49-21-16-22-54-55(49)61-57(50-35-48(58(4,5)6)36-51(56(50)63)59(7,8)9)62(54)53-24-23-42(30-39(53)3)40-17-12-10-13-18-40;/h10-32,34-36,63H,1-9H3;/q-1;/i1D3,2D3,3D3,4D3,5D3,6D3,7D3,8D3,9D3;. The van der Waals surface area contributed by atoms with Crippen LogP contribution >= 0.6 is 0 Å². The number of imidazole rings is 1. The quantitative estimate of drug-likeness (QED) is 0.162. The summed E-state index contributed by atoms with van der Waals surface area (Å²) >= 11 is 0. The molecule has 4 nitrogen and oxygen atoms in total. The van der Waals surface area contributed by atoms with Gasteiger partial charge in [-0.3, -0.25) is 9.55 Å². The number of aryl methyl sites for hydroxylation is 3. The molecule has 64 heavy (non-hydrogen) atoms. The van der Waals surface area contributed by atoms with Crippen molar-refractivity contribution in [2.45, 2.75) is 72.5 Å². The third-order valence-corrected chi connectivity index (χ3v) is 10.8. The van der Waals surface area contributed by atoms with E-state index in [1.165, 1.54) is 48.7 Å². The van der Waals surface area contributed by atoms with Crippen molar-refractivity contribution in [1.29, 1.82) is 0 Å². The van der Waals surface area contributed by atoms with Crippen LogP contribution in [0.4, 0.5) is 0 Å². The summed E-state index contributed by atoms with van der Waals surface area (Å²) in [5.74, 6) is -2.31. The molecule has 0 fully saturated rings. The van der Waals surface area contributed by atoms with Crippen LogP contribution in [0.25, 0.3) is 83.9 Å². The summed E-state index contributed by atoms with van der Waals surface area (Å²) in [6.07, 6.45) is 1.41. The predicted molar refractivity (Wildman–Crippen MR) is 264 cm³/mol. The summed E-state index contributed by atoms with van der Waals surface area (Å²) in [4.78, 5) is 9.63. The van der Waals surface area contributed by atoms with Gasteiger partial charge < -0.3 is 5.11 Å². The number of rotatable bonds is 7. The Morgan fingerprint density at radius 2 is 1.23 bits per heavy atom. The van der Waals surface area contributed by atoms with Crippen molar-refractivity contribution in [2.75, 3.05) is 0 Å². The van der Waals surface area contributed by atoms with Gasteiger partial charge in [0.2, 0.25) is 0 Å². The molecule has 0 unspecified atom stereocenters. The molecule has 0 saturated heterocycles. The van der Waals surface area contributed by atoms with Crippen LogP contribution in [0.3, 0.4) is 0 Å². The smallest absolute Gasteiger partial charge is 0.148 e. The van der Waals surface area contributed by atoms with Gasteiger partial charge >= 0.3 is 0 Å². The number of phenolic OH excluding ortho intramolecular Hbond substituents is 1. The van der Waals surface area contributed by atoms with Crippen LogP contribution in [0.5, 0.6) is 5.75 Å². The van der Waals surface area contributed by atoms with Crippen molar-refractivity contribution in [1.82, 2.24) is 14.5 Å². The largest absolute Gasteiger partial charge is 0.507 e. The zero-order valence-corrected chi connectivity index (χ0v) is 35.9. The summed E-state index contributed by atoms with van der Waals surface area (Å²) in [6, 6.07) is 40.4. The van der Waals surface area contributed by atoms with Crippen LogP contribution < -0.4 is 0 Å². The Labute approximate surface area is 431 Å². The van der Waals surface area contributed by atoms with Gasteiger partial charge in [-0.25, -0.2) is 4.98 Å². The SMILES string of the molecule is [2H]C([2H])([2H])c1cc(-c2ccnc(-c3[c-]c(-c4cccc5c4nc(-c4cc(C(C([2H])([2H])[2H])(C([2H])([2H])[2H])C([2H])([2H])[2H])cc(C(C([2H])([2H])[2H])(C([2H])([2H])[2H])C([2H])([2H])[2H])c4O)n5-c4ccc(-c5ccccc5)cc4C([2H])([2H])[2H])cc(-c4ccccc4)c3)c2)cc(C([2H])([2H])[2H])c1.[Pt]. The minimum atomic E-state index is -4.29. The molecule has 0 aliphatic heterocycles. The maximum atomic E-state index is 13.0. The van der Waals surface area contributed by atoms with Crippen molar-refractivity contribution in [2.24, 2.45) is 0 Å². The second-order valence-electron chi connectivity index (χ2n) is 15.3. The summed E-state index contributed by atoms with van der Waals surface area (Å²) in [5, 5.41) is 13.0. The monoisotopic (exact) mass is 1040 g/mol. The molecule has 0 aliphatic carbocycles. The van der Waals surface area contributed by atoms with Gasteiger partial charge in [-0.05, 0) is 101 Å². The average molecular weight is 1040 g/mol. The third kappa shape index (κ3) is 8.65. The summed E-state index contributed by atoms with van der Waals surface area (Å²) in [6.45, 7) is -33.8. The fourth-order valence-corrected chi connectivity index (χ4v) is 7.79. The van der Waals surface area contributed by atoms with Gasteiger partial charge in [-0.2, -0.15) is 0 Å². The molecule has 0 aliphatic rings. The number of pyridine rings is 1. The number of hydrogen-bond acceptors (Lipinski definition) is 3. The second-order valence-corrected chi connectivity index (χ2v) is 15.3. The van der Waals surface area contributed by atoms with Gasteiger partial charge in [0.05, 0.1) is 22.3 Å². The molecule has 0 radical (unpaired) electrons. The number of benzene rings is 7. The van der Waals surface area contributed by atoms with E-state index >= 15 is 0 Å². The molecule has 9 rings (SSSR count). The molecular formula is C59H54N3OPt-. The summed E-state index contributed by atoms with van der Waals surface area (Å²) in [7, 11) is 0. The van der Waals surface area contributed by atoms with E-state index in [2.05, 4.69) is 11.1 Å². The van der Waals surface area contributed by atoms with E-state index < -0.39 is 106 Å². The average Bonchev–Trinajstić information content (AvgIpc) is 1.14. The maximum absolute atomic E-state index is 13.0. The molecule has 0 atom stereocenters. The van der Waals surface area contributed by atoms with E-state index in [9.17, 15) is 5.11 Å². The Hall–Kier alpha value is -6.35. The van der Waals surface area contributed by atoms with Crippen molar-refractivity contribution in [3.63, 3.8) is 0 Å². The third-order valence-electron chi connectivity index (χ3n) is 10.8. The van der Waals surface area contributed by atoms with E-state index in [-0.39, 0.29) is 82.9 Å². The molecular weight excluding hydrogens is 962 g/mol. The van der Waals surface area contributed by atoms with Crippen LogP contribution in [0.15, 0.2) is 158 Å². The number of para-hydroxylation sites is 1. The molecule has 2 heterocycles. The van der Waals surface area contributed by atoms with Crippen LogP contribution in [0, 0.1) is 26.6 Å². The first-order valence-corrected chi connectivity index (χ1v) is 19.6. The molecule has 5 heteroatoms. The number of aromatic nitrogens is 3. The van der Waals surface area contributed by atoms with Crippen molar-refractivity contribution >= 4 is 11.0 Å². The molecule has 0 spiro atoms. The molecule has 322 valence electrons. The van der Waals surface area contributed by atoms with Gasteiger partial charge in [0.25, 0.3) is 0 Å². The Kier molecular flexibility index (Phi) is 5.96. The number of fused-ring (bicyclic) bond motifs is 1. The molecule has 0 amide bonds. The maximum Gasteiger partial charge on any atom is 0.148 e. The van der Waals surface area contributed by atoms with E-state index in [0.29, 0.717) is 33.9 Å². The zero-order chi connectivity index (χ0) is 66.7. The van der Waals surface area contributed by atoms with Gasteiger partial charge in [-0.1, -0.05) is 178 Å². The van der Waals surface area contributed by atoms with Gasteiger partial charge in [0.1, 0.15) is 11.6 Å². The van der Waals surface area contributed by atoms with Gasteiger partial charge in [-0.15, -0.1) is 23.8 Å². The van der Waals surface area contributed by atoms with Crippen molar-refractivity contribution in [3.05, 3.63) is 192 Å². The van der Waals surface area contributed by atoms with Gasteiger partial charge in [0, 0.05) is 75.5 Å². The van der Waals surface area contributed by atoms with Crippen LogP contribution in [0.2, 0.25) is 0 Å². The van der Waals surface area contributed by atoms with Crippen LogP contribution in [-0.2, 0) is 31.9 Å². The van der Waals surface area contributed by atoms with E-state index in [1.807, 2.05) is 0 Å². The summed E-state index contributed by atoms with van der Waals surface area (Å²) < 4.78 is 234. The summed E-state index contributed by atoms with van der Waals surface area (Å²) in [5.41, 5.74) is -10.5. The fraction of sp³-hybridized carbons (Fsp3) is 0.186.